The SMILES string of the molecule is N[C@H](C(=O)O)[C@@H]1C[C@@H]1S. The fourth-order valence-corrected chi connectivity index (χ4v) is 1.20. The van der Waals surface area contributed by atoms with E-state index in [1.807, 2.05) is 0 Å². The summed E-state index contributed by atoms with van der Waals surface area (Å²) in [6.07, 6.45) is 0.844. The summed E-state index contributed by atoms with van der Waals surface area (Å²) in [5.41, 5.74) is 5.26. The molecule has 1 rings (SSSR count). The number of thiol groups is 1. The summed E-state index contributed by atoms with van der Waals surface area (Å²) in [6.45, 7) is 0. The van der Waals surface area contributed by atoms with Gasteiger partial charge in [-0.2, -0.15) is 12.6 Å². The van der Waals surface area contributed by atoms with Crippen LogP contribution in [0.15, 0.2) is 0 Å². The maximum absolute atomic E-state index is 10.2. The fourth-order valence-electron chi connectivity index (χ4n) is 0.769. The number of aliphatic carboxylic acids is 1. The molecule has 1 aliphatic carbocycles. The molecule has 4 heteroatoms. The first-order chi connectivity index (χ1) is 4.13. The molecule has 0 saturated heterocycles. The molecule has 1 saturated carbocycles. The van der Waals surface area contributed by atoms with Gasteiger partial charge in [-0.05, 0) is 12.3 Å². The van der Waals surface area contributed by atoms with Gasteiger partial charge < -0.3 is 10.8 Å². The number of carboxylic acids is 1. The van der Waals surface area contributed by atoms with Gasteiger partial charge in [0, 0.05) is 5.25 Å². The quantitative estimate of drug-likeness (QED) is 0.470. The van der Waals surface area contributed by atoms with E-state index in [-0.39, 0.29) is 11.2 Å². The van der Waals surface area contributed by atoms with E-state index in [0.29, 0.717) is 0 Å². The Balaban J connectivity index is 2.36. The van der Waals surface area contributed by atoms with Gasteiger partial charge in [0.05, 0.1) is 0 Å². The van der Waals surface area contributed by atoms with Crippen LogP contribution in [0.1, 0.15) is 6.42 Å². The van der Waals surface area contributed by atoms with Crippen molar-refractivity contribution in [3.05, 3.63) is 0 Å². The minimum absolute atomic E-state index is 0.103. The van der Waals surface area contributed by atoms with Gasteiger partial charge in [0.1, 0.15) is 6.04 Å². The molecule has 3 atom stereocenters. The first-order valence-electron chi connectivity index (χ1n) is 2.79. The molecule has 3 N–H and O–H groups in total. The van der Waals surface area contributed by atoms with Crippen LogP contribution >= 0.6 is 12.6 Å². The Morgan fingerprint density at radius 3 is 2.44 bits per heavy atom. The average Bonchev–Trinajstić information content (AvgIpc) is 2.44. The Bertz CT molecular complexity index is 139. The standard InChI is InChI=1S/C5H9NO2S/c6-4(5(7)8)2-1-3(2)9/h2-4,9H,1,6H2,(H,7,8)/t2-,3+,4+/m1/s1. The van der Waals surface area contributed by atoms with Gasteiger partial charge in [0.15, 0.2) is 0 Å². The van der Waals surface area contributed by atoms with Crippen LogP contribution in [-0.4, -0.2) is 22.4 Å². The summed E-state index contributed by atoms with van der Waals surface area (Å²) in [7, 11) is 0. The number of carbonyl (C=O) groups is 1. The van der Waals surface area contributed by atoms with Crippen LogP contribution in [0, 0.1) is 5.92 Å². The number of nitrogens with two attached hydrogens (primary N) is 1. The third kappa shape index (κ3) is 1.37. The Labute approximate surface area is 58.6 Å². The zero-order valence-electron chi connectivity index (χ0n) is 4.82. The first kappa shape index (κ1) is 6.89. The second-order valence-electron chi connectivity index (χ2n) is 2.33. The number of carboxylic acid groups (broad SMARTS) is 1. The summed E-state index contributed by atoms with van der Waals surface area (Å²) in [5.74, 6) is -0.817. The van der Waals surface area contributed by atoms with E-state index in [1.54, 1.807) is 0 Å². The highest BCUT2D eigenvalue weighted by molar-refractivity contribution is 7.81. The Kier molecular flexibility index (Phi) is 1.68. The van der Waals surface area contributed by atoms with Gasteiger partial charge in [-0.15, -0.1) is 0 Å². The summed E-state index contributed by atoms with van der Waals surface area (Å²) in [4.78, 5) is 10.2. The second kappa shape index (κ2) is 2.19. The van der Waals surface area contributed by atoms with Crippen molar-refractivity contribution in [3.63, 3.8) is 0 Å². The second-order valence-corrected chi connectivity index (χ2v) is 2.99. The van der Waals surface area contributed by atoms with Gasteiger partial charge in [0.2, 0.25) is 0 Å². The minimum atomic E-state index is -0.920. The molecule has 1 aliphatic rings. The van der Waals surface area contributed by atoms with Crippen molar-refractivity contribution in [3.8, 4) is 0 Å². The molecular weight excluding hydrogens is 138 g/mol. The molecule has 0 aromatic rings. The summed E-state index contributed by atoms with van der Waals surface area (Å²) < 4.78 is 0. The topological polar surface area (TPSA) is 63.3 Å². The lowest BCUT2D eigenvalue weighted by molar-refractivity contribution is -0.139. The summed E-state index contributed by atoms with van der Waals surface area (Å²) in [6, 6.07) is -0.701. The van der Waals surface area contributed by atoms with Gasteiger partial charge >= 0.3 is 5.97 Å². The molecule has 9 heavy (non-hydrogen) atoms. The highest BCUT2D eigenvalue weighted by atomic mass is 32.1. The van der Waals surface area contributed by atoms with Crippen LogP contribution in [0.2, 0.25) is 0 Å². The molecule has 0 spiro atoms. The molecule has 0 aliphatic heterocycles. The molecule has 0 aromatic heterocycles. The van der Waals surface area contributed by atoms with Crippen molar-refractivity contribution in [2.45, 2.75) is 17.7 Å². The van der Waals surface area contributed by atoms with Crippen LogP contribution in [0.5, 0.6) is 0 Å². The molecule has 0 radical (unpaired) electrons. The molecule has 3 nitrogen and oxygen atoms in total. The van der Waals surface area contributed by atoms with E-state index >= 15 is 0 Å². The van der Waals surface area contributed by atoms with Gasteiger partial charge in [-0.25, -0.2) is 0 Å². The predicted octanol–water partition coefficient (Wildman–Crippen LogP) is -0.283. The van der Waals surface area contributed by atoms with E-state index < -0.39 is 12.0 Å². The van der Waals surface area contributed by atoms with Crippen LogP contribution in [0.3, 0.4) is 0 Å². The third-order valence-electron chi connectivity index (χ3n) is 1.55. The minimum Gasteiger partial charge on any atom is -0.480 e. The largest absolute Gasteiger partial charge is 0.480 e. The zero-order valence-corrected chi connectivity index (χ0v) is 5.71. The fraction of sp³-hybridized carbons (Fsp3) is 0.800. The Morgan fingerprint density at radius 1 is 1.89 bits per heavy atom. The highest BCUT2D eigenvalue weighted by Gasteiger charge is 2.41. The molecule has 0 heterocycles. The lowest BCUT2D eigenvalue weighted by atomic mass is 10.2. The number of hydrogen-bond acceptors (Lipinski definition) is 3. The molecule has 0 unspecified atom stereocenters. The van der Waals surface area contributed by atoms with Crippen molar-refractivity contribution >= 4 is 18.6 Å². The molecule has 1 fully saturated rings. The molecule has 52 valence electrons. The van der Waals surface area contributed by atoms with E-state index in [9.17, 15) is 4.79 Å². The van der Waals surface area contributed by atoms with E-state index in [0.717, 1.165) is 6.42 Å². The number of hydrogen-bond donors (Lipinski definition) is 3. The maximum Gasteiger partial charge on any atom is 0.320 e. The van der Waals surface area contributed by atoms with Crippen molar-refractivity contribution in [2.75, 3.05) is 0 Å². The summed E-state index contributed by atoms with van der Waals surface area (Å²) >= 11 is 4.06. The van der Waals surface area contributed by atoms with E-state index in [2.05, 4.69) is 12.6 Å². The third-order valence-corrected chi connectivity index (χ3v) is 2.14. The van der Waals surface area contributed by atoms with E-state index in [4.69, 9.17) is 10.8 Å². The predicted molar refractivity (Wildman–Crippen MR) is 36.5 cm³/mol. The van der Waals surface area contributed by atoms with Crippen molar-refractivity contribution in [1.82, 2.24) is 0 Å². The Morgan fingerprint density at radius 2 is 2.33 bits per heavy atom. The lowest BCUT2D eigenvalue weighted by Gasteiger charge is -2.01. The molecule has 0 aromatic carbocycles. The zero-order chi connectivity index (χ0) is 7.02. The maximum atomic E-state index is 10.2. The lowest BCUT2D eigenvalue weighted by Crippen LogP contribution is -2.32. The highest BCUT2D eigenvalue weighted by Crippen LogP contribution is 2.37. The van der Waals surface area contributed by atoms with Crippen LogP contribution < -0.4 is 5.73 Å². The molecule has 0 amide bonds. The normalized spacial score (nSPS) is 35.8. The van der Waals surface area contributed by atoms with Crippen molar-refractivity contribution < 1.29 is 9.90 Å². The van der Waals surface area contributed by atoms with Crippen molar-refractivity contribution in [1.29, 1.82) is 0 Å². The Hall–Kier alpha value is -0.220. The van der Waals surface area contributed by atoms with Gasteiger partial charge in [0.25, 0.3) is 0 Å². The summed E-state index contributed by atoms with van der Waals surface area (Å²) in [5, 5.41) is 8.57. The number of rotatable bonds is 2. The first-order valence-corrected chi connectivity index (χ1v) is 3.31. The monoisotopic (exact) mass is 147 g/mol. The smallest absolute Gasteiger partial charge is 0.320 e. The van der Waals surface area contributed by atoms with Gasteiger partial charge in [-0.1, -0.05) is 0 Å². The average molecular weight is 147 g/mol. The molecule has 0 bridgehead atoms. The molecular formula is C5H9NO2S. The van der Waals surface area contributed by atoms with Crippen LogP contribution in [0.25, 0.3) is 0 Å². The van der Waals surface area contributed by atoms with E-state index in [1.165, 1.54) is 0 Å². The van der Waals surface area contributed by atoms with Crippen molar-refractivity contribution in [2.24, 2.45) is 11.7 Å². The van der Waals surface area contributed by atoms with Gasteiger partial charge in [-0.3, -0.25) is 4.79 Å². The van der Waals surface area contributed by atoms with Crippen LogP contribution in [0.4, 0.5) is 0 Å². The van der Waals surface area contributed by atoms with Crippen LogP contribution in [-0.2, 0) is 4.79 Å².